The van der Waals surface area contributed by atoms with Gasteiger partial charge in [-0.25, -0.2) is 14.6 Å². The molecule has 1 saturated heterocycles. The van der Waals surface area contributed by atoms with E-state index in [0.717, 1.165) is 18.3 Å². The zero-order valence-corrected chi connectivity index (χ0v) is 16.3. The number of ether oxygens (including phenoxy) is 1. The van der Waals surface area contributed by atoms with Crippen molar-refractivity contribution in [2.45, 2.75) is 24.6 Å². The maximum absolute atomic E-state index is 12.7. The fraction of sp³-hybridized carbons (Fsp3) is 0.333. The van der Waals surface area contributed by atoms with Crippen molar-refractivity contribution in [2.75, 3.05) is 11.5 Å². The number of thiazole rings is 1. The maximum atomic E-state index is 12.7. The highest BCUT2D eigenvalue weighted by atomic mass is 32.2. The molecule has 0 aliphatic carbocycles. The van der Waals surface area contributed by atoms with Crippen LogP contribution < -0.4 is 11.1 Å². The quantitative estimate of drug-likeness (QED) is 0.165. The minimum atomic E-state index is -1.37. The Balaban J connectivity index is 1.53. The van der Waals surface area contributed by atoms with Crippen molar-refractivity contribution < 1.29 is 33.9 Å². The Bertz CT molecular complexity index is 1000. The van der Waals surface area contributed by atoms with Gasteiger partial charge in [-0.1, -0.05) is 5.16 Å². The molecule has 1 aromatic heterocycles. The first-order valence-corrected chi connectivity index (χ1v) is 10.1. The van der Waals surface area contributed by atoms with Gasteiger partial charge < -0.3 is 25.7 Å². The number of fused-ring (bicyclic) bond motifs is 2. The number of anilines is 1. The lowest BCUT2D eigenvalue weighted by Crippen LogP contribution is -2.70. The Kier molecular flexibility index (Phi) is 4.76. The first-order chi connectivity index (χ1) is 13.8. The summed E-state index contributed by atoms with van der Waals surface area (Å²) in [5.74, 6) is -2.61. The molecule has 0 spiro atoms. The minimum Gasteiger partial charge on any atom is -0.427 e. The number of nitrogens with one attached hydrogen (secondary N) is 1. The van der Waals surface area contributed by atoms with E-state index in [0.29, 0.717) is 5.57 Å². The third kappa shape index (κ3) is 3.24. The number of thioether (sulfide) groups is 1. The zero-order valence-electron chi connectivity index (χ0n) is 14.6. The summed E-state index contributed by atoms with van der Waals surface area (Å²) in [5.41, 5.74) is 5.67. The third-order valence-electron chi connectivity index (χ3n) is 4.24. The summed E-state index contributed by atoms with van der Waals surface area (Å²) >= 11 is 2.32. The molecule has 0 aromatic carbocycles. The Morgan fingerprint density at radius 3 is 2.90 bits per heavy atom. The van der Waals surface area contributed by atoms with Gasteiger partial charge in [0, 0.05) is 23.6 Å². The van der Waals surface area contributed by atoms with Gasteiger partial charge in [-0.2, -0.15) is 0 Å². The van der Waals surface area contributed by atoms with Gasteiger partial charge in [-0.15, -0.1) is 23.1 Å². The average Bonchev–Trinajstić information content (AvgIpc) is 3.21. The summed E-state index contributed by atoms with van der Waals surface area (Å²) in [6.07, 6.45) is -1.37. The molecule has 1 fully saturated rings. The summed E-state index contributed by atoms with van der Waals surface area (Å²) in [6.45, 7) is 1.11. The van der Waals surface area contributed by atoms with Crippen molar-refractivity contribution in [3.05, 3.63) is 22.3 Å². The summed E-state index contributed by atoms with van der Waals surface area (Å²) in [5, 5.41) is 16.8. The van der Waals surface area contributed by atoms with Crippen LogP contribution in [0.2, 0.25) is 0 Å². The third-order valence-corrected chi connectivity index (χ3v) is 6.22. The number of amides is 2. The smallest absolute Gasteiger partial charge is 0.357 e. The number of β-lactam (4-membered cyclic amide) rings is 1. The number of carbonyl (C=O) groups excluding carboxylic acids is 4. The molecule has 0 saturated carbocycles. The van der Waals surface area contributed by atoms with Gasteiger partial charge >= 0.3 is 11.9 Å². The van der Waals surface area contributed by atoms with Crippen molar-refractivity contribution in [1.29, 1.82) is 0 Å². The number of cyclic esters (lactones) is 1. The first kappa shape index (κ1) is 19.4. The number of nitrogens with zero attached hydrogens (tertiary/aromatic N) is 3. The van der Waals surface area contributed by atoms with E-state index in [-0.39, 0.29) is 28.0 Å². The second-order valence-corrected chi connectivity index (χ2v) is 8.08. The van der Waals surface area contributed by atoms with Crippen LogP contribution in [-0.2, 0) is 28.8 Å². The molecule has 0 bridgehead atoms. The molecule has 14 heteroatoms. The summed E-state index contributed by atoms with van der Waals surface area (Å²) in [6, 6.07) is -0.953. The van der Waals surface area contributed by atoms with Crippen molar-refractivity contribution in [3.8, 4) is 0 Å². The van der Waals surface area contributed by atoms with E-state index in [1.807, 2.05) is 0 Å². The average molecular weight is 439 g/mol. The molecule has 4 rings (SSSR count). The summed E-state index contributed by atoms with van der Waals surface area (Å²) in [4.78, 5) is 57.9. The Morgan fingerprint density at radius 1 is 1.48 bits per heavy atom. The molecule has 4 N–H and O–H groups in total. The molecular weight excluding hydrogens is 426 g/mol. The number of carbonyl (C=O) groups is 4. The molecule has 4 heterocycles. The number of aromatic nitrogens is 1. The van der Waals surface area contributed by atoms with Crippen LogP contribution in [-0.4, -0.2) is 67.9 Å². The molecule has 0 radical (unpaired) electrons. The van der Waals surface area contributed by atoms with Crippen LogP contribution in [0.3, 0.4) is 0 Å². The Morgan fingerprint density at radius 2 is 2.24 bits per heavy atom. The number of nitrogens with two attached hydrogens (primary N) is 1. The molecule has 2 amide bonds. The molecule has 3 aliphatic rings. The van der Waals surface area contributed by atoms with Crippen LogP contribution in [0.25, 0.3) is 0 Å². The number of hydrogen-bond donors (Lipinski definition) is 3. The van der Waals surface area contributed by atoms with Gasteiger partial charge in [0.05, 0.1) is 0 Å². The van der Waals surface area contributed by atoms with Gasteiger partial charge in [0.25, 0.3) is 11.8 Å². The second kappa shape index (κ2) is 7.13. The normalized spacial score (nSPS) is 25.8. The van der Waals surface area contributed by atoms with Crippen LogP contribution in [0.5, 0.6) is 0 Å². The van der Waals surface area contributed by atoms with E-state index in [1.54, 1.807) is 0 Å². The van der Waals surface area contributed by atoms with Crippen LogP contribution in [0.4, 0.5) is 5.13 Å². The van der Waals surface area contributed by atoms with Gasteiger partial charge in [0.1, 0.15) is 22.8 Å². The van der Waals surface area contributed by atoms with Crippen LogP contribution in [0.1, 0.15) is 12.6 Å². The molecule has 12 nitrogen and oxygen atoms in total. The summed E-state index contributed by atoms with van der Waals surface area (Å²) in [7, 11) is 0. The highest BCUT2D eigenvalue weighted by molar-refractivity contribution is 8.00. The van der Waals surface area contributed by atoms with Crippen molar-refractivity contribution in [1.82, 2.24) is 15.2 Å². The molecular formula is C15H13N5O7S2. The zero-order chi connectivity index (χ0) is 20.9. The van der Waals surface area contributed by atoms with E-state index in [2.05, 4.69) is 20.3 Å². The lowest BCUT2D eigenvalue weighted by atomic mass is 10.0. The fourth-order valence-electron chi connectivity index (χ4n) is 2.97. The lowest BCUT2D eigenvalue weighted by molar-refractivity contribution is -0.157. The van der Waals surface area contributed by atoms with E-state index < -0.39 is 41.5 Å². The van der Waals surface area contributed by atoms with Gasteiger partial charge in [-0.05, 0) is 0 Å². The molecule has 3 atom stereocenters. The molecule has 1 aromatic rings. The van der Waals surface area contributed by atoms with E-state index in [1.165, 1.54) is 22.0 Å². The number of rotatable bonds is 4. The number of hydrogen-bond acceptors (Lipinski definition) is 12. The highest BCUT2D eigenvalue weighted by Gasteiger charge is 2.57. The number of esters is 1. The fourth-order valence-corrected chi connectivity index (χ4v) is 4.88. The number of nitrogen functional groups attached to an aromatic ring is 1. The number of aliphatic hydroxyl groups excluding tert-OH is 1. The van der Waals surface area contributed by atoms with E-state index >= 15 is 0 Å². The largest absolute Gasteiger partial charge is 0.427 e. The van der Waals surface area contributed by atoms with Crippen molar-refractivity contribution in [3.63, 3.8) is 0 Å². The van der Waals surface area contributed by atoms with Crippen molar-refractivity contribution in [2.24, 2.45) is 5.16 Å². The van der Waals surface area contributed by atoms with Crippen molar-refractivity contribution >= 4 is 57.7 Å². The monoisotopic (exact) mass is 439 g/mol. The minimum absolute atomic E-state index is 0.0119. The molecule has 29 heavy (non-hydrogen) atoms. The maximum Gasteiger partial charge on any atom is 0.357 e. The predicted molar refractivity (Wildman–Crippen MR) is 99.0 cm³/mol. The number of aliphatic hydroxyl groups is 1. The lowest BCUT2D eigenvalue weighted by Gasteiger charge is -2.48. The van der Waals surface area contributed by atoms with Crippen LogP contribution >= 0.6 is 23.1 Å². The van der Waals surface area contributed by atoms with E-state index in [9.17, 15) is 24.3 Å². The van der Waals surface area contributed by atoms with Gasteiger partial charge in [-0.3, -0.25) is 14.5 Å². The standard InChI is InChI=1S/C15H13N5O7S2/c1-4(21)27-19-7(6-3-29-15(16)17-6)10(22)18-8-11(23)20-9-5(2-28-12(8)20)13(24)26-14(9)25/h3,8,12-13,24H,2H2,1H3,(H2,16,17)(H,18,22)/b19-7-. The number of oxime groups is 1. The topological polar surface area (TPSA) is 174 Å². The SMILES string of the molecule is CC(=O)O/N=C(\C(=O)NC1C(=O)N2C3=C(CSC12)C(O)OC3=O)c1csc(N)n1. The molecule has 3 unspecified atom stereocenters. The van der Waals surface area contributed by atoms with E-state index in [4.69, 9.17) is 10.5 Å². The van der Waals surface area contributed by atoms with Gasteiger partial charge in [0.2, 0.25) is 6.29 Å². The highest BCUT2D eigenvalue weighted by Crippen LogP contribution is 2.43. The second-order valence-electron chi connectivity index (χ2n) is 6.09. The first-order valence-electron chi connectivity index (χ1n) is 8.12. The molecule has 152 valence electrons. The van der Waals surface area contributed by atoms with Crippen LogP contribution in [0.15, 0.2) is 21.8 Å². The molecule has 3 aliphatic heterocycles. The van der Waals surface area contributed by atoms with Crippen LogP contribution in [0, 0.1) is 0 Å². The Labute approximate surface area is 170 Å². The van der Waals surface area contributed by atoms with Gasteiger partial charge in [0.15, 0.2) is 10.8 Å². The Hall–Kier alpha value is -2.97. The summed E-state index contributed by atoms with van der Waals surface area (Å²) < 4.78 is 4.74. The predicted octanol–water partition coefficient (Wildman–Crippen LogP) is -1.48.